The molecule has 0 saturated heterocycles. The second kappa shape index (κ2) is 4.80. The lowest BCUT2D eigenvalue weighted by Crippen LogP contribution is -2.58. The van der Waals surface area contributed by atoms with Crippen molar-refractivity contribution in [1.29, 1.82) is 0 Å². The van der Waals surface area contributed by atoms with Gasteiger partial charge in [-0.2, -0.15) is 0 Å². The first-order valence-corrected chi connectivity index (χ1v) is 5.14. The number of hydrogen-bond donors (Lipinski definition) is 2. The number of rotatable bonds is 2. The van der Waals surface area contributed by atoms with E-state index in [-0.39, 0.29) is 18.9 Å². The van der Waals surface area contributed by atoms with Crippen LogP contribution in [0.5, 0.6) is 0 Å². The lowest BCUT2D eigenvalue weighted by atomic mass is 9.79. The third kappa shape index (κ3) is 2.33. The van der Waals surface area contributed by atoms with Crippen LogP contribution in [0.4, 0.5) is 0 Å². The van der Waals surface area contributed by atoms with Gasteiger partial charge in [0.15, 0.2) is 0 Å². The highest BCUT2D eigenvalue weighted by Crippen LogP contribution is 2.33. The number of ether oxygens (including phenoxy) is 2. The Morgan fingerprint density at radius 3 is 2.56 bits per heavy atom. The molecule has 6 nitrogen and oxygen atoms in total. The van der Waals surface area contributed by atoms with Crippen molar-refractivity contribution >= 4 is 11.9 Å². The molecule has 0 aliphatic heterocycles. The minimum Gasteiger partial charge on any atom is -0.466 e. The average molecular weight is 231 g/mol. The Morgan fingerprint density at radius 1 is 1.50 bits per heavy atom. The molecule has 1 saturated carbocycles. The van der Waals surface area contributed by atoms with Gasteiger partial charge in [0.25, 0.3) is 0 Å². The standard InChI is InChI=1S/C10H17NO5/c1-6(12)16-10(9(14)15-2)4-3-7(11)5-8(10)13/h7-8,13H,3-5,11H2,1-2H3. The average Bonchev–Trinajstić information content (AvgIpc) is 2.21. The fraction of sp³-hybridized carbons (Fsp3) is 0.800. The van der Waals surface area contributed by atoms with E-state index in [1.807, 2.05) is 0 Å². The molecule has 0 aromatic carbocycles. The number of methoxy groups -OCH3 is 1. The van der Waals surface area contributed by atoms with Crippen LogP contribution in [-0.2, 0) is 19.1 Å². The van der Waals surface area contributed by atoms with Crippen molar-refractivity contribution in [1.82, 2.24) is 0 Å². The molecule has 0 heterocycles. The molecule has 0 aromatic heterocycles. The van der Waals surface area contributed by atoms with E-state index in [9.17, 15) is 14.7 Å². The highest BCUT2D eigenvalue weighted by Gasteiger charge is 2.52. The molecule has 0 bridgehead atoms. The van der Waals surface area contributed by atoms with Gasteiger partial charge in [0, 0.05) is 19.4 Å². The molecular weight excluding hydrogens is 214 g/mol. The molecule has 6 heteroatoms. The van der Waals surface area contributed by atoms with E-state index >= 15 is 0 Å². The Kier molecular flexibility index (Phi) is 3.88. The lowest BCUT2D eigenvalue weighted by molar-refractivity contribution is -0.199. The highest BCUT2D eigenvalue weighted by atomic mass is 16.6. The molecule has 0 amide bonds. The minimum absolute atomic E-state index is 0.182. The van der Waals surface area contributed by atoms with E-state index in [4.69, 9.17) is 10.5 Å². The summed E-state index contributed by atoms with van der Waals surface area (Å²) in [4.78, 5) is 22.6. The topological polar surface area (TPSA) is 98.9 Å². The van der Waals surface area contributed by atoms with Crippen LogP contribution in [0.15, 0.2) is 0 Å². The summed E-state index contributed by atoms with van der Waals surface area (Å²) >= 11 is 0. The van der Waals surface area contributed by atoms with Crippen LogP contribution in [0.25, 0.3) is 0 Å². The maximum absolute atomic E-state index is 11.6. The second-order valence-electron chi connectivity index (χ2n) is 4.02. The van der Waals surface area contributed by atoms with Gasteiger partial charge in [-0.25, -0.2) is 4.79 Å². The third-order valence-electron chi connectivity index (χ3n) is 2.81. The van der Waals surface area contributed by atoms with E-state index in [0.717, 1.165) is 0 Å². The van der Waals surface area contributed by atoms with Crippen LogP contribution in [0.1, 0.15) is 26.2 Å². The van der Waals surface area contributed by atoms with Gasteiger partial charge < -0.3 is 20.3 Å². The summed E-state index contributed by atoms with van der Waals surface area (Å²) in [5.74, 6) is -1.36. The first kappa shape index (κ1) is 12.9. The molecule has 1 aliphatic carbocycles. The predicted octanol–water partition coefficient (Wildman–Crippen LogP) is -0.667. The van der Waals surface area contributed by atoms with Crippen molar-refractivity contribution in [2.75, 3.05) is 7.11 Å². The zero-order valence-electron chi connectivity index (χ0n) is 9.43. The summed E-state index contributed by atoms with van der Waals surface area (Å²) in [7, 11) is 1.19. The van der Waals surface area contributed by atoms with E-state index in [2.05, 4.69) is 4.74 Å². The predicted molar refractivity (Wildman–Crippen MR) is 54.3 cm³/mol. The first-order chi connectivity index (χ1) is 7.42. The Hall–Kier alpha value is -1.14. The van der Waals surface area contributed by atoms with Gasteiger partial charge in [-0.1, -0.05) is 0 Å². The van der Waals surface area contributed by atoms with Crippen LogP contribution in [0, 0.1) is 0 Å². The van der Waals surface area contributed by atoms with Gasteiger partial charge in [0.05, 0.1) is 7.11 Å². The highest BCUT2D eigenvalue weighted by molar-refractivity contribution is 5.83. The zero-order valence-corrected chi connectivity index (χ0v) is 9.43. The van der Waals surface area contributed by atoms with Gasteiger partial charge in [-0.05, 0) is 12.8 Å². The van der Waals surface area contributed by atoms with Crippen molar-refractivity contribution in [2.45, 2.75) is 43.9 Å². The summed E-state index contributed by atoms with van der Waals surface area (Å²) in [6, 6.07) is -0.191. The molecular formula is C10H17NO5. The molecule has 0 aromatic rings. The molecule has 1 rings (SSSR count). The molecule has 3 atom stereocenters. The van der Waals surface area contributed by atoms with Crippen molar-refractivity contribution in [3.05, 3.63) is 0 Å². The summed E-state index contributed by atoms with van der Waals surface area (Å²) in [5, 5.41) is 9.88. The molecule has 16 heavy (non-hydrogen) atoms. The van der Waals surface area contributed by atoms with Crippen LogP contribution >= 0.6 is 0 Å². The van der Waals surface area contributed by atoms with Gasteiger partial charge in [0.1, 0.15) is 6.10 Å². The van der Waals surface area contributed by atoms with Crippen molar-refractivity contribution in [3.63, 3.8) is 0 Å². The molecule has 0 radical (unpaired) electrons. The third-order valence-corrected chi connectivity index (χ3v) is 2.81. The Morgan fingerprint density at radius 2 is 2.12 bits per heavy atom. The summed E-state index contributed by atoms with van der Waals surface area (Å²) < 4.78 is 9.56. The molecule has 1 aliphatic rings. The smallest absolute Gasteiger partial charge is 0.353 e. The van der Waals surface area contributed by atoms with Crippen molar-refractivity contribution in [2.24, 2.45) is 5.73 Å². The van der Waals surface area contributed by atoms with E-state index in [1.54, 1.807) is 0 Å². The Labute approximate surface area is 93.7 Å². The number of carbonyl (C=O) groups excluding carboxylic acids is 2. The lowest BCUT2D eigenvalue weighted by Gasteiger charge is -2.39. The molecule has 92 valence electrons. The number of nitrogens with two attached hydrogens (primary N) is 1. The molecule has 3 unspecified atom stereocenters. The SMILES string of the molecule is COC(=O)C1(OC(C)=O)CCC(N)CC1O. The van der Waals surface area contributed by atoms with Crippen LogP contribution in [0.2, 0.25) is 0 Å². The van der Waals surface area contributed by atoms with Gasteiger partial charge >= 0.3 is 11.9 Å². The Bertz CT molecular complexity index is 293. The maximum Gasteiger partial charge on any atom is 0.353 e. The van der Waals surface area contributed by atoms with Gasteiger partial charge in [-0.15, -0.1) is 0 Å². The maximum atomic E-state index is 11.6. The number of esters is 2. The number of hydrogen-bond acceptors (Lipinski definition) is 6. The normalized spacial score (nSPS) is 34.2. The largest absolute Gasteiger partial charge is 0.466 e. The van der Waals surface area contributed by atoms with E-state index in [0.29, 0.717) is 6.42 Å². The quantitative estimate of drug-likeness (QED) is 0.612. The van der Waals surface area contributed by atoms with Crippen molar-refractivity contribution < 1.29 is 24.2 Å². The Balaban J connectivity index is 2.94. The fourth-order valence-corrected chi connectivity index (χ4v) is 1.99. The summed E-state index contributed by atoms with van der Waals surface area (Å²) in [5.41, 5.74) is 4.08. The second-order valence-corrected chi connectivity index (χ2v) is 4.02. The monoisotopic (exact) mass is 231 g/mol. The van der Waals surface area contributed by atoms with Crippen LogP contribution in [0.3, 0.4) is 0 Å². The van der Waals surface area contributed by atoms with Gasteiger partial charge in [0.2, 0.25) is 5.60 Å². The molecule has 3 N–H and O–H groups in total. The fourth-order valence-electron chi connectivity index (χ4n) is 1.99. The zero-order chi connectivity index (χ0) is 12.3. The van der Waals surface area contributed by atoms with E-state index < -0.39 is 23.6 Å². The van der Waals surface area contributed by atoms with Crippen LogP contribution < -0.4 is 5.73 Å². The number of carbonyl (C=O) groups is 2. The minimum atomic E-state index is -1.59. The number of aliphatic hydroxyl groups excluding tert-OH is 1. The summed E-state index contributed by atoms with van der Waals surface area (Å²) in [6.07, 6.45) is -0.226. The number of aliphatic hydroxyl groups is 1. The van der Waals surface area contributed by atoms with E-state index in [1.165, 1.54) is 14.0 Å². The van der Waals surface area contributed by atoms with Crippen molar-refractivity contribution in [3.8, 4) is 0 Å². The molecule has 1 fully saturated rings. The summed E-state index contributed by atoms with van der Waals surface area (Å²) in [6.45, 7) is 1.19. The molecule has 0 spiro atoms. The van der Waals surface area contributed by atoms with Crippen LogP contribution in [-0.4, -0.2) is 41.9 Å². The van der Waals surface area contributed by atoms with Gasteiger partial charge in [-0.3, -0.25) is 4.79 Å². The first-order valence-electron chi connectivity index (χ1n) is 5.14.